The summed E-state index contributed by atoms with van der Waals surface area (Å²) in [5, 5.41) is 10.7. The van der Waals surface area contributed by atoms with E-state index in [2.05, 4.69) is 48.5 Å². The largest absolute Gasteiger partial charge is 0.472 e. The normalized spacial score (nSPS) is 14.4. The lowest BCUT2D eigenvalue weighted by Gasteiger charge is -2.21. The molecule has 0 amide bonds. The molecule has 0 aliphatic heterocycles. The van der Waals surface area contributed by atoms with E-state index in [0.717, 1.165) is 108 Å². The number of aliphatic hydroxyl groups excluding tert-OH is 1. The van der Waals surface area contributed by atoms with Crippen LogP contribution in [0.1, 0.15) is 453 Å². The number of aliphatic hydroxyl groups is 1. The molecule has 19 heteroatoms. The number of esters is 4. The predicted molar refractivity (Wildman–Crippen MR) is 432 cm³/mol. The van der Waals surface area contributed by atoms with Crippen molar-refractivity contribution in [1.82, 2.24) is 0 Å². The number of hydrogen-bond acceptors (Lipinski definition) is 15. The summed E-state index contributed by atoms with van der Waals surface area (Å²) in [6, 6.07) is 0. The second-order valence-electron chi connectivity index (χ2n) is 31.9. The first kappa shape index (κ1) is 103. The van der Waals surface area contributed by atoms with Crippen molar-refractivity contribution in [2.24, 2.45) is 17.8 Å². The van der Waals surface area contributed by atoms with Gasteiger partial charge in [-0.1, -0.05) is 402 Å². The standard InChI is InChI=1S/C86H168O17P2/c1-8-11-12-13-14-15-16-17-18-19-20-21-22-23-24-25-30-33-39-48-55-62-69-85(90)102-81(73-96-83(88)67-60-53-46-38-32-29-27-26-28-31-36-43-50-57-64-77(4)5)75-100-104(92,93)98-71-80(87)72-99-105(94,95)101-76-82(74-97-84(89)68-61-54-47-42-41-45-52-59-66-79(7)10-3)103-86(91)70-63-56-49-40-35-34-37-44-51-58-65-78(6)9-2/h77-82,87H,8-76H2,1-7H3,(H,92,93)(H,94,95)/t78?,79?,80-,81-,82-/m1/s1. The maximum absolute atomic E-state index is 13.1. The molecule has 105 heavy (non-hydrogen) atoms. The molecule has 0 rings (SSSR count). The molecular formula is C86H168O17P2. The third kappa shape index (κ3) is 77.2. The molecule has 0 heterocycles. The molecular weight excluding hydrogens is 1370 g/mol. The fraction of sp³-hybridized carbons (Fsp3) is 0.953. The van der Waals surface area contributed by atoms with Gasteiger partial charge in [-0.25, -0.2) is 9.13 Å². The third-order valence-electron chi connectivity index (χ3n) is 20.9. The smallest absolute Gasteiger partial charge is 0.462 e. The average molecular weight is 1540 g/mol. The Bertz CT molecular complexity index is 2030. The fourth-order valence-corrected chi connectivity index (χ4v) is 14.9. The van der Waals surface area contributed by atoms with Crippen LogP contribution in [0.4, 0.5) is 0 Å². The molecule has 0 aliphatic carbocycles. The number of ether oxygens (including phenoxy) is 4. The zero-order chi connectivity index (χ0) is 77.2. The molecule has 624 valence electrons. The number of phosphoric acid groups is 2. The SMILES string of the molecule is CCCCCCCCCCCCCCCCCCCCCCCCC(=O)O[C@H](COC(=O)CCCCCCCCCCCCCCCCC(C)C)COP(=O)(O)OC[C@@H](O)COP(=O)(O)OC[C@@H](COC(=O)CCCCCCCCCCC(C)CC)OC(=O)CCCCCCCCCCCCC(C)CC. The van der Waals surface area contributed by atoms with Crippen LogP contribution < -0.4 is 0 Å². The van der Waals surface area contributed by atoms with Gasteiger partial charge in [0.05, 0.1) is 26.4 Å². The van der Waals surface area contributed by atoms with Crippen LogP contribution in [0.15, 0.2) is 0 Å². The number of rotatable bonds is 84. The Labute approximate surface area is 645 Å². The van der Waals surface area contributed by atoms with Gasteiger partial charge in [0.25, 0.3) is 0 Å². The van der Waals surface area contributed by atoms with Crippen LogP contribution in [-0.2, 0) is 65.4 Å². The van der Waals surface area contributed by atoms with Gasteiger partial charge < -0.3 is 33.8 Å². The van der Waals surface area contributed by atoms with E-state index in [1.165, 1.54) is 263 Å². The molecule has 0 aromatic rings. The van der Waals surface area contributed by atoms with Gasteiger partial charge >= 0.3 is 39.5 Å². The summed E-state index contributed by atoms with van der Waals surface area (Å²) in [6.07, 6.45) is 66.6. The van der Waals surface area contributed by atoms with E-state index in [1.54, 1.807) is 0 Å². The Balaban J connectivity index is 5.25. The molecule has 3 N–H and O–H groups in total. The quantitative estimate of drug-likeness (QED) is 0.0222. The molecule has 0 saturated heterocycles. The van der Waals surface area contributed by atoms with Crippen LogP contribution in [0.3, 0.4) is 0 Å². The van der Waals surface area contributed by atoms with Gasteiger partial charge in [0.1, 0.15) is 19.3 Å². The van der Waals surface area contributed by atoms with Crippen LogP contribution in [0.25, 0.3) is 0 Å². The number of phosphoric ester groups is 2. The monoisotopic (exact) mass is 1540 g/mol. The second kappa shape index (κ2) is 76.1. The van der Waals surface area contributed by atoms with Crippen LogP contribution >= 0.6 is 15.6 Å². The molecule has 0 saturated carbocycles. The van der Waals surface area contributed by atoms with Gasteiger partial charge in [-0.05, 0) is 43.4 Å². The van der Waals surface area contributed by atoms with E-state index in [4.69, 9.17) is 37.0 Å². The van der Waals surface area contributed by atoms with Gasteiger partial charge in [0.15, 0.2) is 12.2 Å². The molecule has 0 spiro atoms. The summed E-state index contributed by atoms with van der Waals surface area (Å²) >= 11 is 0. The molecule has 0 aliphatic rings. The highest BCUT2D eigenvalue weighted by atomic mass is 31.2. The maximum Gasteiger partial charge on any atom is 0.472 e. The Morgan fingerprint density at radius 3 is 0.724 bits per heavy atom. The van der Waals surface area contributed by atoms with Crippen molar-refractivity contribution < 1.29 is 80.2 Å². The van der Waals surface area contributed by atoms with E-state index in [1.807, 2.05) is 0 Å². The lowest BCUT2D eigenvalue weighted by Crippen LogP contribution is -2.30. The number of unbranched alkanes of at least 4 members (excludes halogenated alkanes) is 50. The Hall–Kier alpha value is -1.94. The first-order valence-corrected chi connectivity index (χ1v) is 47.4. The van der Waals surface area contributed by atoms with E-state index in [9.17, 15) is 43.2 Å². The lowest BCUT2D eigenvalue weighted by atomic mass is 9.99. The van der Waals surface area contributed by atoms with Crippen LogP contribution in [0, 0.1) is 17.8 Å². The summed E-state index contributed by atoms with van der Waals surface area (Å²) in [7, 11) is -9.93. The molecule has 0 aromatic carbocycles. The first-order valence-electron chi connectivity index (χ1n) is 44.4. The second-order valence-corrected chi connectivity index (χ2v) is 34.8. The van der Waals surface area contributed by atoms with Crippen LogP contribution in [0.5, 0.6) is 0 Å². The number of hydrogen-bond donors (Lipinski definition) is 3. The summed E-state index contributed by atoms with van der Waals surface area (Å²) < 4.78 is 68.9. The van der Waals surface area contributed by atoms with Crippen molar-refractivity contribution in [3.05, 3.63) is 0 Å². The van der Waals surface area contributed by atoms with Crippen molar-refractivity contribution in [2.45, 2.75) is 471 Å². The lowest BCUT2D eigenvalue weighted by molar-refractivity contribution is -0.161. The highest BCUT2D eigenvalue weighted by Crippen LogP contribution is 2.45. The minimum Gasteiger partial charge on any atom is -0.462 e. The van der Waals surface area contributed by atoms with Crippen molar-refractivity contribution >= 4 is 39.5 Å². The highest BCUT2D eigenvalue weighted by molar-refractivity contribution is 7.47. The topological polar surface area (TPSA) is 237 Å². The third-order valence-corrected chi connectivity index (χ3v) is 22.8. The van der Waals surface area contributed by atoms with Gasteiger partial charge in [0.2, 0.25) is 0 Å². The fourth-order valence-electron chi connectivity index (χ4n) is 13.3. The Morgan fingerprint density at radius 1 is 0.276 bits per heavy atom. The minimum atomic E-state index is -4.97. The van der Waals surface area contributed by atoms with Gasteiger partial charge in [-0.3, -0.25) is 37.3 Å². The van der Waals surface area contributed by atoms with Crippen molar-refractivity contribution in [3.63, 3.8) is 0 Å². The van der Waals surface area contributed by atoms with Gasteiger partial charge in [0, 0.05) is 25.7 Å². The summed E-state index contributed by atoms with van der Waals surface area (Å²) in [4.78, 5) is 73.2. The van der Waals surface area contributed by atoms with Crippen molar-refractivity contribution in [2.75, 3.05) is 39.6 Å². The van der Waals surface area contributed by atoms with Crippen molar-refractivity contribution in [3.8, 4) is 0 Å². The van der Waals surface area contributed by atoms with E-state index in [0.29, 0.717) is 25.7 Å². The summed E-state index contributed by atoms with van der Waals surface area (Å²) in [5.74, 6) is 0.273. The molecule has 0 aromatic heterocycles. The van der Waals surface area contributed by atoms with Crippen LogP contribution in [-0.4, -0.2) is 96.7 Å². The average Bonchev–Trinajstić information content (AvgIpc) is 0.906. The zero-order valence-corrected chi connectivity index (χ0v) is 71.0. The van der Waals surface area contributed by atoms with Gasteiger partial charge in [-0.2, -0.15) is 0 Å². The number of carbonyl (C=O) groups excluding carboxylic acids is 4. The zero-order valence-electron chi connectivity index (χ0n) is 69.2. The van der Waals surface area contributed by atoms with E-state index in [-0.39, 0.29) is 25.7 Å². The Kier molecular flexibility index (Phi) is 74.7. The molecule has 4 unspecified atom stereocenters. The first-order chi connectivity index (χ1) is 50.8. The molecule has 17 nitrogen and oxygen atoms in total. The maximum atomic E-state index is 13.1. The molecule has 0 fully saturated rings. The van der Waals surface area contributed by atoms with Crippen LogP contribution in [0.2, 0.25) is 0 Å². The van der Waals surface area contributed by atoms with Crippen molar-refractivity contribution in [1.29, 1.82) is 0 Å². The number of carbonyl (C=O) groups is 4. The molecule has 0 bridgehead atoms. The Morgan fingerprint density at radius 2 is 0.486 bits per heavy atom. The van der Waals surface area contributed by atoms with E-state index >= 15 is 0 Å². The molecule has 7 atom stereocenters. The highest BCUT2D eigenvalue weighted by Gasteiger charge is 2.30. The predicted octanol–water partition coefficient (Wildman–Crippen LogP) is 26.1. The summed E-state index contributed by atoms with van der Waals surface area (Å²) in [5.41, 5.74) is 0. The minimum absolute atomic E-state index is 0.106. The van der Waals surface area contributed by atoms with Gasteiger partial charge in [-0.15, -0.1) is 0 Å². The van der Waals surface area contributed by atoms with E-state index < -0.39 is 97.5 Å². The summed E-state index contributed by atoms with van der Waals surface area (Å²) in [6.45, 7) is 12.0. The molecule has 0 radical (unpaired) electrons.